The number of benzene rings is 1. The molecule has 0 atom stereocenters. The van der Waals surface area contributed by atoms with Crippen molar-refractivity contribution in [3.8, 4) is 5.75 Å². The van der Waals surface area contributed by atoms with Gasteiger partial charge in [0.25, 0.3) is 5.91 Å². The van der Waals surface area contributed by atoms with E-state index in [-0.39, 0.29) is 11.6 Å². The van der Waals surface area contributed by atoms with Gasteiger partial charge in [-0.3, -0.25) is 9.78 Å². The first-order valence-electron chi connectivity index (χ1n) is 7.36. The van der Waals surface area contributed by atoms with E-state index in [1.165, 1.54) is 13.3 Å². The van der Waals surface area contributed by atoms with Gasteiger partial charge in [-0.2, -0.15) is 0 Å². The molecule has 8 heteroatoms. The number of rotatable bonds is 5. The minimum Gasteiger partial charge on any atom is -0.495 e. The van der Waals surface area contributed by atoms with Crippen LogP contribution in [0.4, 0.5) is 17.2 Å². The molecule has 0 fully saturated rings. The first kappa shape index (κ1) is 16.8. The van der Waals surface area contributed by atoms with Crippen LogP contribution in [0.3, 0.4) is 0 Å². The predicted molar refractivity (Wildman–Crippen MR) is 94.7 cm³/mol. The van der Waals surface area contributed by atoms with E-state index in [1.807, 2.05) is 0 Å². The maximum Gasteiger partial charge on any atom is 0.274 e. The number of aryl methyl sites for hydroxylation is 1. The molecule has 0 saturated heterocycles. The molecule has 0 bridgehead atoms. The van der Waals surface area contributed by atoms with E-state index in [4.69, 9.17) is 20.9 Å². The third-order valence-electron chi connectivity index (χ3n) is 3.30. The second-order valence-electron chi connectivity index (χ2n) is 5.18. The van der Waals surface area contributed by atoms with Crippen LogP contribution in [0.5, 0.6) is 5.75 Å². The molecule has 0 aliphatic carbocycles. The van der Waals surface area contributed by atoms with Gasteiger partial charge >= 0.3 is 0 Å². The number of carbonyl (C=O) groups is 1. The van der Waals surface area contributed by atoms with Crippen LogP contribution in [-0.2, 0) is 0 Å². The van der Waals surface area contributed by atoms with Crippen molar-refractivity contribution in [2.24, 2.45) is 0 Å². The molecule has 0 saturated carbocycles. The van der Waals surface area contributed by atoms with Gasteiger partial charge in [-0.1, -0.05) is 16.8 Å². The molecule has 128 valence electrons. The molecule has 2 heterocycles. The molecular formula is C17H15ClN4O3. The Balaban J connectivity index is 1.78. The fourth-order valence-corrected chi connectivity index (χ4v) is 2.34. The predicted octanol–water partition coefficient (Wildman–Crippen LogP) is 4.04. The lowest BCUT2D eigenvalue weighted by molar-refractivity contribution is 0.102. The molecule has 25 heavy (non-hydrogen) atoms. The van der Waals surface area contributed by atoms with Crippen molar-refractivity contribution in [1.82, 2.24) is 10.1 Å². The van der Waals surface area contributed by atoms with E-state index < -0.39 is 0 Å². The Hall–Kier alpha value is -3.06. The summed E-state index contributed by atoms with van der Waals surface area (Å²) < 4.78 is 10.2. The van der Waals surface area contributed by atoms with Crippen LogP contribution >= 0.6 is 11.6 Å². The standard InChI is InChI=1S/C17H15ClN4O3/c1-10-7-16(22-25-10)20-12-5-6-19-14(9-12)17(23)21-13-8-11(18)3-4-15(13)24-2/h3-9H,1-2H3,(H,21,23)(H,19,20,22). The Kier molecular flexibility index (Phi) is 4.85. The fraction of sp³-hybridized carbons (Fsp3) is 0.118. The molecule has 2 aromatic heterocycles. The maximum atomic E-state index is 12.5. The van der Waals surface area contributed by atoms with Gasteiger partial charge in [0.15, 0.2) is 5.82 Å². The molecule has 1 amide bonds. The van der Waals surface area contributed by atoms with Crippen LogP contribution in [-0.4, -0.2) is 23.2 Å². The zero-order valence-corrected chi connectivity index (χ0v) is 14.3. The van der Waals surface area contributed by atoms with Gasteiger partial charge in [0.2, 0.25) is 0 Å². The number of pyridine rings is 1. The van der Waals surface area contributed by atoms with E-state index in [9.17, 15) is 4.79 Å². The molecule has 0 aliphatic rings. The van der Waals surface area contributed by atoms with E-state index in [1.54, 1.807) is 43.3 Å². The molecular weight excluding hydrogens is 344 g/mol. The summed E-state index contributed by atoms with van der Waals surface area (Å²) >= 11 is 5.97. The number of amides is 1. The number of anilines is 3. The highest BCUT2D eigenvalue weighted by Crippen LogP contribution is 2.28. The van der Waals surface area contributed by atoms with Crippen molar-refractivity contribution in [1.29, 1.82) is 0 Å². The second kappa shape index (κ2) is 7.23. The Morgan fingerprint density at radius 1 is 1.24 bits per heavy atom. The number of aromatic nitrogens is 2. The van der Waals surface area contributed by atoms with Crippen LogP contribution in [0.15, 0.2) is 47.1 Å². The molecule has 0 spiro atoms. The smallest absolute Gasteiger partial charge is 0.274 e. The number of hydrogen-bond acceptors (Lipinski definition) is 6. The minimum atomic E-state index is -0.388. The van der Waals surface area contributed by atoms with Gasteiger partial charge in [-0.25, -0.2) is 0 Å². The molecule has 0 radical (unpaired) electrons. The van der Waals surface area contributed by atoms with Crippen molar-refractivity contribution >= 4 is 34.7 Å². The van der Waals surface area contributed by atoms with E-state index in [2.05, 4.69) is 20.8 Å². The maximum absolute atomic E-state index is 12.5. The van der Waals surface area contributed by atoms with Gasteiger partial charge in [-0.15, -0.1) is 0 Å². The summed E-state index contributed by atoms with van der Waals surface area (Å²) in [7, 11) is 1.52. The second-order valence-corrected chi connectivity index (χ2v) is 5.61. The van der Waals surface area contributed by atoms with Crippen molar-refractivity contribution in [2.75, 3.05) is 17.7 Å². The van der Waals surface area contributed by atoms with E-state index in [0.717, 1.165) is 0 Å². The number of methoxy groups -OCH3 is 1. The lowest BCUT2D eigenvalue weighted by atomic mass is 10.2. The van der Waals surface area contributed by atoms with Crippen LogP contribution in [0.2, 0.25) is 5.02 Å². The van der Waals surface area contributed by atoms with Gasteiger partial charge in [0, 0.05) is 23.0 Å². The number of nitrogens with zero attached hydrogens (tertiary/aromatic N) is 2. The number of ether oxygens (including phenoxy) is 1. The number of carbonyl (C=O) groups excluding carboxylic acids is 1. The third-order valence-corrected chi connectivity index (χ3v) is 3.54. The van der Waals surface area contributed by atoms with Crippen molar-refractivity contribution in [2.45, 2.75) is 6.92 Å². The number of halogens is 1. The first-order valence-corrected chi connectivity index (χ1v) is 7.74. The van der Waals surface area contributed by atoms with Gasteiger partial charge < -0.3 is 19.9 Å². The average molecular weight is 359 g/mol. The first-order chi connectivity index (χ1) is 12.0. The van der Waals surface area contributed by atoms with Crippen LogP contribution < -0.4 is 15.4 Å². The molecule has 0 unspecified atom stereocenters. The SMILES string of the molecule is COc1ccc(Cl)cc1NC(=O)c1cc(Nc2cc(C)on2)ccn1. The minimum absolute atomic E-state index is 0.229. The van der Waals surface area contributed by atoms with Crippen molar-refractivity contribution < 1.29 is 14.1 Å². The molecule has 3 rings (SSSR count). The van der Waals surface area contributed by atoms with E-state index in [0.29, 0.717) is 33.7 Å². The molecule has 2 N–H and O–H groups in total. The van der Waals surface area contributed by atoms with Gasteiger partial charge in [0.1, 0.15) is 17.2 Å². The van der Waals surface area contributed by atoms with E-state index >= 15 is 0 Å². The highest BCUT2D eigenvalue weighted by atomic mass is 35.5. The Morgan fingerprint density at radius 3 is 2.80 bits per heavy atom. The highest BCUT2D eigenvalue weighted by molar-refractivity contribution is 6.31. The summed E-state index contributed by atoms with van der Waals surface area (Å²) in [6.45, 7) is 1.79. The van der Waals surface area contributed by atoms with Crippen LogP contribution in [0, 0.1) is 6.92 Å². The topological polar surface area (TPSA) is 89.3 Å². The Bertz CT molecular complexity index is 910. The summed E-state index contributed by atoms with van der Waals surface area (Å²) in [6.07, 6.45) is 1.53. The summed E-state index contributed by atoms with van der Waals surface area (Å²) in [4.78, 5) is 16.6. The summed E-state index contributed by atoms with van der Waals surface area (Å²) in [6, 6.07) is 10.0. The molecule has 0 aliphatic heterocycles. The average Bonchev–Trinajstić information content (AvgIpc) is 3.00. The summed E-state index contributed by atoms with van der Waals surface area (Å²) in [5.74, 6) is 1.35. The highest BCUT2D eigenvalue weighted by Gasteiger charge is 2.12. The number of hydrogen-bond donors (Lipinski definition) is 2. The quantitative estimate of drug-likeness (QED) is 0.715. The molecule has 1 aromatic carbocycles. The van der Waals surface area contributed by atoms with Crippen LogP contribution in [0.1, 0.15) is 16.2 Å². The van der Waals surface area contributed by atoms with Crippen LogP contribution in [0.25, 0.3) is 0 Å². The zero-order valence-electron chi connectivity index (χ0n) is 13.5. The fourth-order valence-electron chi connectivity index (χ4n) is 2.17. The summed E-state index contributed by atoms with van der Waals surface area (Å²) in [5, 5.41) is 10.1. The Labute approximate surface area is 149 Å². The largest absolute Gasteiger partial charge is 0.495 e. The van der Waals surface area contributed by atoms with Crippen molar-refractivity contribution in [3.63, 3.8) is 0 Å². The lowest BCUT2D eigenvalue weighted by Crippen LogP contribution is -2.14. The normalized spacial score (nSPS) is 10.4. The van der Waals surface area contributed by atoms with Gasteiger partial charge in [-0.05, 0) is 37.3 Å². The van der Waals surface area contributed by atoms with Gasteiger partial charge in [0.05, 0.1) is 12.8 Å². The number of nitrogens with one attached hydrogen (secondary N) is 2. The van der Waals surface area contributed by atoms with Crippen molar-refractivity contribution in [3.05, 3.63) is 59.1 Å². The Morgan fingerprint density at radius 2 is 2.08 bits per heavy atom. The lowest BCUT2D eigenvalue weighted by Gasteiger charge is -2.11. The zero-order chi connectivity index (χ0) is 17.8. The summed E-state index contributed by atoms with van der Waals surface area (Å²) in [5.41, 5.74) is 1.35. The molecule has 3 aromatic rings. The monoisotopic (exact) mass is 358 g/mol. The molecule has 7 nitrogen and oxygen atoms in total. The third kappa shape index (κ3) is 4.07.